The molecule has 0 aromatic heterocycles. The fourth-order valence-corrected chi connectivity index (χ4v) is 4.97. The standard InChI is InChI=1S/C40H70O5/c1-3-5-7-9-11-13-15-16-17-18-19-20-21-22-23-24-25-27-29-31-33-35-40(43)45-38(36-41)37-44-39(42)34-32-30-28-26-14-12-10-8-6-4-2/h8,10,15-16,18-19,21-22,38,41H,3-7,9,11-14,17,20,23-37H2,1-2H3/b10-8-,16-15-,19-18-,22-21-. The molecule has 1 N–H and O–H groups in total. The van der Waals surface area contributed by atoms with E-state index in [2.05, 4.69) is 62.5 Å². The molecule has 0 amide bonds. The quantitative estimate of drug-likeness (QED) is 0.0444. The van der Waals surface area contributed by atoms with Gasteiger partial charge in [0.2, 0.25) is 0 Å². The fraction of sp³-hybridized carbons (Fsp3) is 0.750. The first-order chi connectivity index (χ1) is 22.1. The third-order valence-electron chi connectivity index (χ3n) is 7.83. The lowest BCUT2D eigenvalue weighted by molar-refractivity contribution is -0.161. The number of aliphatic hydroxyl groups excluding tert-OH is 1. The summed E-state index contributed by atoms with van der Waals surface area (Å²) >= 11 is 0. The average Bonchev–Trinajstić information content (AvgIpc) is 3.04. The molecule has 0 aromatic rings. The Morgan fingerprint density at radius 3 is 1.44 bits per heavy atom. The van der Waals surface area contributed by atoms with Crippen molar-refractivity contribution in [3.05, 3.63) is 48.6 Å². The summed E-state index contributed by atoms with van der Waals surface area (Å²) in [7, 11) is 0. The highest BCUT2D eigenvalue weighted by atomic mass is 16.6. The van der Waals surface area contributed by atoms with Gasteiger partial charge < -0.3 is 14.6 Å². The molecule has 0 saturated carbocycles. The number of allylic oxidation sites excluding steroid dienone is 8. The molecule has 0 fully saturated rings. The molecule has 0 heterocycles. The topological polar surface area (TPSA) is 72.8 Å². The number of rotatable bonds is 33. The number of aliphatic hydroxyl groups is 1. The Morgan fingerprint density at radius 2 is 0.933 bits per heavy atom. The molecule has 0 aliphatic rings. The van der Waals surface area contributed by atoms with Gasteiger partial charge in [0.15, 0.2) is 6.10 Å². The summed E-state index contributed by atoms with van der Waals surface area (Å²) in [6.45, 7) is 4.03. The molecular weight excluding hydrogens is 560 g/mol. The first-order valence-corrected chi connectivity index (χ1v) is 18.7. The summed E-state index contributed by atoms with van der Waals surface area (Å²) in [5.41, 5.74) is 0. The molecule has 5 heteroatoms. The van der Waals surface area contributed by atoms with E-state index >= 15 is 0 Å². The monoisotopic (exact) mass is 631 g/mol. The van der Waals surface area contributed by atoms with Gasteiger partial charge in [0.25, 0.3) is 0 Å². The van der Waals surface area contributed by atoms with Crippen LogP contribution in [0.5, 0.6) is 0 Å². The lowest BCUT2D eigenvalue weighted by Gasteiger charge is -2.15. The van der Waals surface area contributed by atoms with Crippen LogP contribution in [0.25, 0.3) is 0 Å². The van der Waals surface area contributed by atoms with E-state index in [0.717, 1.165) is 70.6 Å². The summed E-state index contributed by atoms with van der Waals surface area (Å²) in [5.74, 6) is -0.621. The Hall–Kier alpha value is -2.14. The van der Waals surface area contributed by atoms with Crippen molar-refractivity contribution < 1.29 is 24.2 Å². The summed E-state index contributed by atoms with van der Waals surface area (Å²) in [6, 6.07) is 0. The van der Waals surface area contributed by atoms with Crippen molar-refractivity contribution >= 4 is 11.9 Å². The van der Waals surface area contributed by atoms with Gasteiger partial charge in [0, 0.05) is 12.8 Å². The van der Waals surface area contributed by atoms with Crippen LogP contribution in [-0.4, -0.2) is 36.4 Å². The molecule has 260 valence electrons. The SMILES string of the molecule is CCC/C=C\CCCCCCCC(=O)OCC(CO)OC(=O)CCCCCCCC/C=C\C/C=C\C/C=C\CCCCCCC. The van der Waals surface area contributed by atoms with Crippen LogP contribution < -0.4 is 0 Å². The molecule has 0 spiro atoms. The van der Waals surface area contributed by atoms with Gasteiger partial charge in [-0.25, -0.2) is 0 Å². The number of esters is 2. The van der Waals surface area contributed by atoms with Crippen molar-refractivity contribution in [1.82, 2.24) is 0 Å². The summed E-state index contributed by atoms with van der Waals surface area (Å²) < 4.78 is 10.5. The number of carbonyl (C=O) groups excluding carboxylic acids is 2. The predicted octanol–water partition coefficient (Wildman–Crippen LogP) is 11.5. The third-order valence-corrected chi connectivity index (χ3v) is 7.83. The van der Waals surface area contributed by atoms with Crippen LogP contribution in [-0.2, 0) is 19.1 Å². The molecule has 0 aliphatic heterocycles. The summed E-state index contributed by atoms with van der Waals surface area (Å²) in [5, 5.41) is 9.51. The largest absolute Gasteiger partial charge is 0.462 e. The van der Waals surface area contributed by atoms with E-state index in [1.54, 1.807) is 0 Å². The van der Waals surface area contributed by atoms with Gasteiger partial charge >= 0.3 is 11.9 Å². The van der Waals surface area contributed by atoms with Crippen molar-refractivity contribution in [3.63, 3.8) is 0 Å². The van der Waals surface area contributed by atoms with Crippen LogP contribution in [0, 0.1) is 0 Å². The van der Waals surface area contributed by atoms with Crippen molar-refractivity contribution in [2.45, 2.75) is 180 Å². The number of unbranched alkanes of at least 4 members (excludes halogenated alkanes) is 17. The summed E-state index contributed by atoms with van der Waals surface area (Å²) in [4.78, 5) is 24.1. The van der Waals surface area contributed by atoms with Gasteiger partial charge in [-0.1, -0.05) is 140 Å². The minimum atomic E-state index is -0.780. The average molecular weight is 631 g/mol. The maximum absolute atomic E-state index is 12.1. The van der Waals surface area contributed by atoms with Crippen LogP contribution >= 0.6 is 0 Å². The second kappa shape index (κ2) is 36.3. The molecule has 1 atom stereocenters. The molecule has 45 heavy (non-hydrogen) atoms. The molecule has 0 rings (SSSR count). The number of carbonyl (C=O) groups is 2. The molecule has 0 radical (unpaired) electrons. The Labute approximate surface area is 278 Å². The Balaban J connectivity index is 3.60. The lowest BCUT2D eigenvalue weighted by Crippen LogP contribution is -2.28. The maximum Gasteiger partial charge on any atom is 0.306 e. The normalized spacial score (nSPS) is 12.7. The first kappa shape index (κ1) is 42.9. The second-order valence-corrected chi connectivity index (χ2v) is 12.3. The zero-order chi connectivity index (χ0) is 32.9. The minimum absolute atomic E-state index is 0.0768. The van der Waals surface area contributed by atoms with E-state index in [1.165, 1.54) is 77.0 Å². The highest BCUT2D eigenvalue weighted by Crippen LogP contribution is 2.12. The van der Waals surface area contributed by atoms with Gasteiger partial charge in [-0.2, -0.15) is 0 Å². The lowest BCUT2D eigenvalue weighted by atomic mass is 10.1. The van der Waals surface area contributed by atoms with Crippen LogP contribution in [0.15, 0.2) is 48.6 Å². The van der Waals surface area contributed by atoms with Crippen LogP contribution in [0.4, 0.5) is 0 Å². The van der Waals surface area contributed by atoms with Gasteiger partial charge in [0.1, 0.15) is 6.61 Å². The molecule has 0 saturated heterocycles. The molecule has 5 nitrogen and oxygen atoms in total. The van der Waals surface area contributed by atoms with E-state index in [9.17, 15) is 14.7 Å². The smallest absolute Gasteiger partial charge is 0.306 e. The predicted molar refractivity (Wildman–Crippen MR) is 191 cm³/mol. The van der Waals surface area contributed by atoms with E-state index in [4.69, 9.17) is 9.47 Å². The van der Waals surface area contributed by atoms with Gasteiger partial charge in [-0.3, -0.25) is 9.59 Å². The molecule has 0 aliphatic carbocycles. The van der Waals surface area contributed by atoms with Crippen molar-refractivity contribution in [2.24, 2.45) is 0 Å². The fourth-order valence-electron chi connectivity index (χ4n) is 4.97. The van der Waals surface area contributed by atoms with E-state index in [0.29, 0.717) is 12.8 Å². The van der Waals surface area contributed by atoms with Crippen molar-refractivity contribution in [2.75, 3.05) is 13.2 Å². The van der Waals surface area contributed by atoms with Crippen LogP contribution in [0.1, 0.15) is 174 Å². The zero-order valence-electron chi connectivity index (χ0n) is 29.4. The van der Waals surface area contributed by atoms with Crippen LogP contribution in [0.2, 0.25) is 0 Å². The summed E-state index contributed by atoms with van der Waals surface area (Å²) in [6.07, 6.45) is 44.6. The highest BCUT2D eigenvalue weighted by molar-refractivity contribution is 5.70. The van der Waals surface area contributed by atoms with E-state index < -0.39 is 6.10 Å². The maximum atomic E-state index is 12.1. The van der Waals surface area contributed by atoms with E-state index in [-0.39, 0.29) is 25.2 Å². The first-order valence-electron chi connectivity index (χ1n) is 18.7. The third kappa shape index (κ3) is 34.6. The van der Waals surface area contributed by atoms with Crippen molar-refractivity contribution in [1.29, 1.82) is 0 Å². The van der Waals surface area contributed by atoms with Gasteiger partial charge in [0.05, 0.1) is 6.61 Å². The zero-order valence-corrected chi connectivity index (χ0v) is 29.4. The molecule has 1 unspecified atom stereocenters. The molecule has 0 bridgehead atoms. The van der Waals surface area contributed by atoms with Gasteiger partial charge in [-0.15, -0.1) is 0 Å². The Kier molecular flexibility index (Phi) is 34.6. The molecule has 0 aromatic carbocycles. The number of hydrogen-bond donors (Lipinski definition) is 1. The van der Waals surface area contributed by atoms with E-state index in [1.807, 2.05) is 0 Å². The van der Waals surface area contributed by atoms with Crippen LogP contribution in [0.3, 0.4) is 0 Å². The number of ether oxygens (including phenoxy) is 2. The highest BCUT2D eigenvalue weighted by Gasteiger charge is 2.16. The Bertz CT molecular complexity index is 767. The Morgan fingerprint density at radius 1 is 0.511 bits per heavy atom. The van der Waals surface area contributed by atoms with Crippen molar-refractivity contribution in [3.8, 4) is 0 Å². The minimum Gasteiger partial charge on any atom is -0.462 e. The van der Waals surface area contributed by atoms with Gasteiger partial charge in [-0.05, 0) is 70.6 Å². The second-order valence-electron chi connectivity index (χ2n) is 12.3. The molecular formula is C40H70O5. The number of hydrogen-bond acceptors (Lipinski definition) is 5.